The second-order valence-electron chi connectivity index (χ2n) is 5.01. The van der Waals surface area contributed by atoms with Crippen LogP contribution in [-0.4, -0.2) is 30.9 Å². The van der Waals surface area contributed by atoms with Gasteiger partial charge in [0.25, 0.3) is 10.0 Å². The van der Waals surface area contributed by atoms with Crippen molar-refractivity contribution in [2.24, 2.45) is 5.92 Å². The SMILES string of the molecule is CCCC1CCN(S(=O)(=O)c2ccc(CO)s2)CC1. The van der Waals surface area contributed by atoms with Crippen molar-refractivity contribution in [3.63, 3.8) is 0 Å². The smallest absolute Gasteiger partial charge is 0.252 e. The molecule has 1 N–H and O–H groups in total. The molecule has 1 aromatic heterocycles. The molecule has 1 aromatic rings. The third-order valence-corrected chi connectivity index (χ3v) is 7.09. The van der Waals surface area contributed by atoms with Crippen LogP contribution in [0.1, 0.15) is 37.5 Å². The summed E-state index contributed by atoms with van der Waals surface area (Å²) in [7, 11) is -3.35. The number of rotatable bonds is 5. The molecule has 0 bridgehead atoms. The van der Waals surface area contributed by atoms with Gasteiger partial charge in [0.05, 0.1) is 6.61 Å². The van der Waals surface area contributed by atoms with Gasteiger partial charge < -0.3 is 5.11 Å². The summed E-state index contributed by atoms with van der Waals surface area (Å²) in [6.45, 7) is 3.32. The summed E-state index contributed by atoms with van der Waals surface area (Å²) in [6.07, 6.45) is 4.29. The molecule has 0 radical (unpaired) electrons. The highest BCUT2D eigenvalue weighted by Gasteiger charge is 2.30. The molecule has 1 aliphatic heterocycles. The van der Waals surface area contributed by atoms with Crippen LogP contribution in [0.25, 0.3) is 0 Å². The predicted molar refractivity (Wildman–Crippen MR) is 76.6 cm³/mol. The van der Waals surface area contributed by atoms with E-state index >= 15 is 0 Å². The molecule has 0 saturated carbocycles. The Balaban J connectivity index is 2.05. The standard InChI is InChI=1S/C13H21NO3S2/c1-2-3-11-6-8-14(9-7-11)19(16,17)13-5-4-12(10-15)18-13/h4-5,11,15H,2-3,6-10H2,1H3. The van der Waals surface area contributed by atoms with Gasteiger partial charge in [0, 0.05) is 18.0 Å². The van der Waals surface area contributed by atoms with E-state index < -0.39 is 10.0 Å². The van der Waals surface area contributed by atoms with Crippen LogP contribution >= 0.6 is 11.3 Å². The average molecular weight is 303 g/mol. The molecular formula is C13H21NO3S2. The van der Waals surface area contributed by atoms with Crippen molar-refractivity contribution < 1.29 is 13.5 Å². The topological polar surface area (TPSA) is 57.6 Å². The molecule has 19 heavy (non-hydrogen) atoms. The summed E-state index contributed by atoms with van der Waals surface area (Å²) in [5.41, 5.74) is 0. The molecule has 1 fully saturated rings. The Labute approximate surface area is 119 Å². The summed E-state index contributed by atoms with van der Waals surface area (Å²) in [6, 6.07) is 3.28. The Bertz CT molecular complexity index is 502. The van der Waals surface area contributed by atoms with Gasteiger partial charge in [0.15, 0.2) is 0 Å². The Morgan fingerprint density at radius 2 is 2.05 bits per heavy atom. The van der Waals surface area contributed by atoms with Crippen LogP contribution in [0.4, 0.5) is 0 Å². The van der Waals surface area contributed by atoms with E-state index in [0.29, 0.717) is 28.1 Å². The molecule has 0 amide bonds. The van der Waals surface area contributed by atoms with Crippen LogP contribution in [0.3, 0.4) is 0 Å². The molecule has 0 aliphatic carbocycles. The fourth-order valence-electron chi connectivity index (χ4n) is 2.56. The molecule has 0 aromatic carbocycles. The molecule has 108 valence electrons. The van der Waals surface area contributed by atoms with Crippen molar-refractivity contribution in [3.05, 3.63) is 17.0 Å². The summed E-state index contributed by atoms with van der Waals surface area (Å²) < 4.78 is 26.8. The van der Waals surface area contributed by atoms with Crippen LogP contribution in [0.5, 0.6) is 0 Å². The molecule has 1 saturated heterocycles. The van der Waals surface area contributed by atoms with Crippen molar-refractivity contribution in [2.45, 2.75) is 43.4 Å². The number of sulfonamides is 1. The lowest BCUT2D eigenvalue weighted by Gasteiger charge is -2.30. The Morgan fingerprint density at radius 1 is 1.37 bits per heavy atom. The van der Waals surface area contributed by atoms with Crippen molar-refractivity contribution >= 4 is 21.4 Å². The summed E-state index contributed by atoms with van der Waals surface area (Å²) in [4.78, 5) is 0.694. The minimum absolute atomic E-state index is 0.0985. The summed E-state index contributed by atoms with van der Waals surface area (Å²) >= 11 is 1.16. The average Bonchev–Trinajstić information content (AvgIpc) is 2.89. The van der Waals surface area contributed by atoms with Gasteiger partial charge in [-0.25, -0.2) is 8.42 Å². The van der Waals surface area contributed by atoms with Gasteiger partial charge in [-0.2, -0.15) is 4.31 Å². The first-order chi connectivity index (χ1) is 9.07. The zero-order valence-corrected chi connectivity index (χ0v) is 12.8. The van der Waals surface area contributed by atoms with Gasteiger partial charge >= 0.3 is 0 Å². The monoisotopic (exact) mass is 303 g/mol. The van der Waals surface area contributed by atoms with Crippen molar-refractivity contribution in [1.82, 2.24) is 4.31 Å². The second kappa shape index (κ2) is 6.35. The molecule has 2 rings (SSSR count). The number of nitrogens with zero attached hydrogens (tertiary/aromatic N) is 1. The molecular weight excluding hydrogens is 282 g/mol. The molecule has 4 nitrogen and oxygen atoms in total. The van der Waals surface area contributed by atoms with E-state index in [-0.39, 0.29) is 6.61 Å². The number of thiophene rings is 1. The van der Waals surface area contributed by atoms with Crippen LogP contribution in [0.2, 0.25) is 0 Å². The van der Waals surface area contributed by atoms with Gasteiger partial charge in [-0.3, -0.25) is 0 Å². The Hall–Kier alpha value is -0.430. The quantitative estimate of drug-likeness (QED) is 0.909. The zero-order valence-electron chi connectivity index (χ0n) is 11.2. The van der Waals surface area contributed by atoms with Crippen LogP contribution in [-0.2, 0) is 16.6 Å². The Kier molecular flexibility index (Phi) is 5.00. The first-order valence-corrected chi connectivity index (χ1v) is 9.03. The van der Waals surface area contributed by atoms with Crippen molar-refractivity contribution in [3.8, 4) is 0 Å². The molecule has 0 atom stereocenters. The normalized spacial score (nSPS) is 18.8. The lowest BCUT2D eigenvalue weighted by atomic mass is 9.94. The van der Waals surface area contributed by atoms with Crippen LogP contribution < -0.4 is 0 Å². The highest BCUT2D eigenvalue weighted by atomic mass is 32.2. The zero-order chi connectivity index (χ0) is 13.9. The van der Waals surface area contributed by atoms with Gasteiger partial charge in [0.1, 0.15) is 4.21 Å². The first kappa shape index (κ1) is 15.0. The number of aliphatic hydroxyl groups is 1. The maximum absolute atomic E-state index is 12.4. The van der Waals surface area contributed by atoms with E-state index in [1.807, 2.05) is 0 Å². The fourth-order valence-corrected chi connectivity index (χ4v) is 5.40. The van der Waals surface area contributed by atoms with E-state index in [9.17, 15) is 8.42 Å². The highest BCUT2D eigenvalue weighted by molar-refractivity contribution is 7.91. The van der Waals surface area contributed by atoms with Crippen LogP contribution in [0.15, 0.2) is 16.3 Å². The van der Waals surface area contributed by atoms with E-state index in [1.54, 1.807) is 16.4 Å². The van der Waals surface area contributed by atoms with Gasteiger partial charge in [0.2, 0.25) is 0 Å². The Morgan fingerprint density at radius 3 is 2.58 bits per heavy atom. The lowest BCUT2D eigenvalue weighted by molar-refractivity contribution is 0.263. The molecule has 0 spiro atoms. The van der Waals surface area contributed by atoms with Crippen molar-refractivity contribution in [2.75, 3.05) is 13.1 Å². The minimum atomic E-state index is -3.35. The maximum Gasteiger partial charge on any atom is 0.252 e. The third kappa shape index (κ3) is 3.37. The largest absolute Gasteiger partial charge is 0.391 e. The van der Waals surface area contributed by atoms with E-state index in [1.165, 1.54) is 12.8 Å². The predicted octanol–water partition coefficient (Wildman–Crippen LogP) is 2.44. The molecule has 2 heterocycles. The third-order valence-electron chi connectivity index (χ3n) is 3.66. The van der Waals surface area contributed by atoms with E-state index in [0.717, 1.165) is 24.2 Å². The van der Waals surface area contributed by atoms with Crippen molar-refractivity contribution in [1.29, 1.82) is 0 Å². The highest BCUT2D eigenvalue weighted by Crippen LogP contribution is 2.29. The van der Waals surface area contributed by atoms with Gasteiger partial charge in [-0.05, 0) is 30.9 Å². The second-order valence-corrected chi connectivity index (χ2v) is 8.35. The van der Waals surface area contributed by atoms with E-state index in [2.05, 4.69) is 6.92 Å². The molecule has 1 aliphatic rings. The number of piperidine rings is 1. The summed E-state index contributed by atoms with van der Waals surface area (Å²) in [5.74, 6) is 0.674. The van der Waals surface area contributed by atoms with Gasteiger partial charge in [-0.15, -0.1) is 11.3 Å². The lowest BCUT2D eigenvalue weighted by Crippen LogP contribution is -2.38. The fraction of sp³-hybridized carbons (Fsp3) is 0.692. The number of aliphatic hydroxyl groups excluding tert-OH is 1. The number of hydrogen-bond acceptors (Lipinski definition) is 4. The number of hydrogen-bond donors (Lipinski definition) is 1. The molecule has 6 heteroatoms. The first-order valence-electron chi connectivity index (χ1n) is 6.77. The molecule has 0 unspecified atom stereocenters. The minimum Gasteiger partial charge on any atom is -0.391 e. The van der Waals surface area contributed by atoms with Crippen LogP contribution in [0, 0.1) is 5.92 Å². The van der Waals surface area contributed by atoms with Gasteiger partial charge in [-0.1, -0.05) is 19.8 Å². The maximum atomic E-state index is 12.4. The van der Waals surface area contributed by atoms with E-state index in [4.69, 9.17) is 5.11 Å². The summed E-state index contributed by atoms with van der Waals surface area (Å²) in [5, 5.41) is 9.02.